The lowest BCUT2D eigenvalue weighted by molar-refractivity contribution is 0.660. The Balaban J connectivity index is 0.613. The van der Waals surface area contributed by atoms with Gasteiger partial charge in [0.15, 0.2) is 0 Å². The summed E-state index contributed by atoms with van der Waals surface area (Å²) in [4.78, 5) is 0. The molecule has 0 saturated carbocycles. The molecule has 17 rings (SSSR count). The fourth-order valence-electron chi connectivity index (χ4n) is 15.2. The van der Waals surface area contributed by atoms with E-state index < -0.39 is 0 Å². The highest BCUT2D eigenvalue weighted by Gasteiger charge is 2.39. The molecule has 0 bridgehead atoms. The van der Waals surface area contributed by atoms with Crippen LogP contribution in [0.5, 0.6) is 0 Å². The van der Waals surface area contributed by atoms with E-state index in [-0.39, 0.29) is 16.2 Å². The van der Waals surface area contributed by atoms with Crippen LogP contribution < -0.4 is 10.6 Å². The maximum absolute atomic E-state index is 3.87. The summed E-state index contributed by atoms with van der Waals surface area (Å²) in [6.45, 7) is 14.3. The van der Waals surface area contributed by atoms with Crippen molar-refractivity contribution in [3.05, 3.63) is 288 Å². The van der Waals surface area contributed by atoms with E-state index in [1.54, 1.807) is 0 Å². The minimum Gasteiger partial charge on any atom is -0.356 e. The van der Waals surface area contributed by atoms with E-state index in [4.69, 9.17) is 0 Å². The van der Waals surface area contributed by atoms with Gasteiger partial charge in [-0.05, 0) is 210 Å². The van der Waals surface area contributed by atoms with Crippen molar-refractivity contribution < 1.29 is 0 Å². The molecule has 85 heavy (non-hydrogen) atoms. The first kappa shape index (κ1) is 49.4. The van der Waals surface area contributed by atoms with Crippen LogP contribution in [0.15, 0.2) is 255 Å². The van der Waals surface area contributed by atoms with Crippen LogP contribution in [-0.2, 0) is 16.2 Å². The molecule has 12 aromatic carbocycles. The molecule has 14 aromatic rings. The molecule has 0 fully saturated rings. The summed E-state index contributed by atoms with van der Waals surface area (Å²) in [6.07, 6.45) is 0. The van der Waals surface area contributed by atoms with Crippen LogP contribution in [0.25, 0.3) is 111 Å². The number of hydrogen-bond donors (Lipinski definition) is 2. The Kier molecular flexibility index (Phi) is 10.4. The molecular weight excluding hydrogens is 1030 g/mol. The van der Waals surface area contributed by atoms with Gasteiger partial charge in [-0.15, -0.1) is 0 Å². The Labute approximate surface area is 496 Å². The van der Waals surface area contributed by atoms with Gasteiger partial charge in [-0.2, -0.15) is 0 Å². The maximum Gasteiger partial charge on any atom is 0.0541 e. The van der Waals surface area contributed by atoms with E-state index in [9.17, 15) is 0 Å². The fourth-order valence-corrected chi connectivity index (χ4v) is 15.2. The molecule has 2 heterocycles. The molecule has 0 spiro atoms. The van der Waals surface area contributed by atoms with Gasteiger partial charge in [0.25, 0.3) is 0 Å². The normalized spacial score (nSPS) is 14.5. The molecule has 2 N–H and O–H groups in total. The molecule has 0 atom stereocenters. The second-order valence-corrected chi connectivity index (χ2v) is 25.5. The van der Waals surface area contributed by atoms with Crippen LogP contribution in [-0.4, -0.2) is 9.13 Å². The average molecular weight is 1090 g/mol. The Hall–Kier alpha value is -10.2. The van der Waals surface area contributed by atoms with Gasteiger partial charge in [-0.3, -0.25) is 0 Å². The third-order valence-electron chi connectivity index (χ3n) is 19.6. The average Bonchev–Trinajstić information content (AvgIpc) is 2.28. The van der Waals surface area contributed by atoms with Gasteiger partial charge >= 0.3 is 0 Å². The summed E-state index contributed by atoms with van der Waals surface area (Å²) in [6, 6.07) is 94.9. The predicted molar refractivity (Wildman–Crippen MR) is 358 cm³/mol. The summed E-state index contributed by atoms with van der Waals surface area (Å²) >= 11 is 0. The van der Waals surface area contributed by atoms with E-state index in [0.29, 0.717) is 0 Å². The largest absolute Gasteiger partial charge is 0.356 e. The molecule has 0 saturated heterocycles. The highest BCUT2D eigenvalue weighted by Crippen LogP contribution is 2.54. The summed E-state index contributed by atoms with van der Waals surface area (Å²) in [7, 11) is 0. The van der Waals surface area contributed by atoms with E-state index in [1.165, 1.54) is 144 Å². The van der Waals surface area contributed by atoms with E-state index in [0.717, 1.165) is 22.7 Å². The van der Waals surface area contributed by atoms with E-state index >= 15 is 0 Å². The fraction of sp³-hybridized carbons (Fsp3) is 0.111. The number of rotatable bonds is 8. The first-order valence-electron chi connectivity index (χ1n) is 30.0. The number of nitrogens with zero attached hydrogens (tertiary/aromatic N) is 2. The van der Waals surface area contributed by atoms with Crippen molar-refractivity contribution >= 4 is 66.4 Å². The van der Waals surface area contributed by atoms with Crippen molar-refractivity contribution in [2.75, 3.05) is 10.6 Å². The lowest BCUT2D eigenvalue weighted by Crippen LogP contribution is -2.16. The Morgan fingerprint density at radius 1 is 0.235 bits per heavy atom. The number of para-hydroxylation sites is 4. The quantitative estimate of drug-likeness (QED) is 0.159. The molecular formula is C81H62N4. The molecule has 4 heteroatoms. The highest BCUT2D eigenvalue weighted by molar-refractivity contribution is 6.12. The molecule has 2 aromatic heterocycles. The molecule has 0 aliphatic heterocycles. The van der Waals surface area contributed by atoms with Crippen molar-refractivity contribution in [3.63, 3.8) is 0 Å². The van der Waals surface area contributed by atoms with Gasteiger partial charge in [-0.25, -0.2) is 0 Å². The monoisotopic (exact) mass is 1090 g/mol. The number of benzene rings is 12. The zero-order valence-electron chi connectivity index (χ0n) is 48.6. The summed E-state index contributed by atoms with van der Waals surface area (Å²) < 4.78 is 4.77. The standard InChI is InChI=1S/C81H62N4/c1-79(2)69-43-51(49-27-39-77-67(41-49)65-21-13-15-23-75(65)84(77)57-17-9-7-10-18-57)25-33-59(69)61-35-29-53(45-71(61)79)82-55-31-37-63-64-38-32-56(48-74(64)81(5,6)73(63)47-55)83-54-30-36-62-60-34-26-52(44-70(60)80(3,4)72(62)46-54)50-28-40-78-68(42-50)66-22-14-16-24-76(66)85(78)58-19-11-8-12-20-58/h7-48,82-83H,1-6H3. The molecule has 0 amide bonds. The lowest BCUT2D eigenvalue weighted by Gasteiger charge is -2.24. The molecule has 3 aliphatic carbocycles. The van der Waals surface area contributed by atoms with Gasteiger partial charge in [0.1, 0.15) is 0 Å². The van der Waals surface area contributed by atoms with Gasteiger partial charge in [0.05, 0.1) is 22.1 Å². The van der Waals surface area contributed by atoms with E-state index in [1.807, 2.05) is 0 Å². The van der Waals surface area contributed by atoms with Crippen LogP contribution in [0.1, 0.15) is 74.9 Å². The van der Waals surface area contributed by atoms with Crippen molar-refractivity contribution in [2.45, 2.75) is 57.8 Å². The molecule has 0 radical (unpaired) electrons. The van der Waals surface area contributed by atoms with Crippen molar-refractivity contribution in [1.29, 1.82) is 0 Å². The van der Waals surface area contributed by atoms with Gasteiger partial charge in [-0.1, -0.05) is 175 Å². The minimum absolute atomic E-state index is 0.185. The molecule has 406 valence electrons. The molecule has 0 unspecified atom stereocenters. The first-order chi connectivity index (χ1) is 41.4. The topological polar surface area (TPSA) is 33.9 Å². The van der Waals surface area contributed by atoms with Crippen molar-refractivity contribution in [2.24, 2.45) is 0 Å². The summed E-state index contributed by atoms with van der Waals surface area (Å²) in [5, 5.41) is 12.8. The van der Waals surface area contributed by atoms with Crippen molar-refractivity contribution in [3.8, 4) is 67.0 Å². The number of anilines is 4. The Bertz CT molecular complexity index is 4820. The number of hydrogen-bond acceptors (Lipinski definition) is 2. The number of aromatic nitrogens is 2. The number of nitrogens with one attached hydrogen (secondary N) is 2. The second kappa shape index (κ2) is 17.9. The van der Waals surface area contributed by atoms with E-state index in [2.05, 4.69) is 316 Å². The SMILES string of the molecule is CC1(C)c2cc(Nc3ccc4c(c3)C(C)(C)c3cc(-c5ccc6c(c5)c5ccccc5n6-c5ccccc5)ccc3-4)ccc2-c2ccc(Nc3ccc4c(c3)C(C)(C)c3cc(-c5ccc6c(c5)c5ccccc5n6-c5ccccc5)ccc3-4)cc21. The van der Waals surface area contributed by atoms with Crippen LogP contribution >= 0.6 is 0 Å². The van der Waals surface area contributed by atoms with Crippen LogP contribution in [0.4, 0.5) is 22.7 Å². The van der Waals surface area contributed by atoms with Gasteiger partial charge < -0.3 is 19.8 Å². The first-order valence-corrected chi connectivity index (χ1v) is 30.0. The molecule has 4 nitrogen and oxygen atoms in total. The predicted octanol–water partition coefficient (Wildman–Crippen LogP) is 21.6. The maximum atomic E-state index is 3.87. The van der Waals surface area contributed by atoms with Crippen molar-refractivity contribution in [1.82, 2.24) is 9.13 Å². The lowest BCUT2D eigenvalue weighted by atomic mass is 9.81. The van der Waals surface area contributed by atoms with Gasteiger partial charge in [0, 0.05) is 71.9 Å². The second-order valence-electron chi connectivity index (χ2n) is 25.5. The van der Waals surface area contributed by atoms with Crippen LogP contribution in [0.2, 0.25) is 0 Å². The number of fused-ring (bicyclic) bond motifs is 15. The zero-order chi connectivity index (χ0) is 57.1. The van der Waals surface area contributed by atoms with Crippen LogP contribution in [0.3, 0.4) is 0 Å². The summed E-state index contributed by atoms with van der Waals surface area (Å²) in [5.74, 6) is 0. The Morgan fingerprint density at radius 2 is 0.506 bits per heavy atom. The minimum atomic E-state index is -0.203. The zero-order valence-corrected chi connectivity index (χ0v) is 48.6. The highest BCUT2D eigenvalue weighted by atomic mass is 15.0. The van der Waals surface area contributed by atoms with Gasteiger partial charge in [0.2, 0.25) is 0 Å². The molecule has 3 aliphatic rings. The third-order valence-corrected chi connectivity index (χ3v) is 19.6. The third kappa shape index (κ3) is 7.34. The summed E-state index contributed by atoms with van der Waals surface area (Å²) in [5.41, 5.74) is 32.0. The van der Waals surface area contributed by atoms with Crippen LogP contribution in [0, 0.1) is 0 Å². The Morgan fingerprint density at radius 3 is 0.859 bits per heavy atom. The smallest absolute Gasteiger partial charge is 0.0541 e.